The first-order chi connectivity index (χ1) is 11.7. The number of fused-ring (bicyclic) bond motifs is 2. The van der Waals surface area contributed by atoms with E-state index >= 15 is 0 Å². The monoisotopic (exact) mass is 318 g/mol. The third-order valence-corrected chi connectivity index (χ3v) is 4.95. The molecule has 0 radical (unpaired) electrons. The molecule has 1 aliphatic carbocycles. The fourth-order valence-electron chi connectivity index (χ4n) is 3.62. The third kappa shape index (κ3) is 2.65. The Hall–Kier alpha value is -2.39. The molecule has 3 aromatic rings. The highest BCUT2D eigenvalue weighted by Gasteiger charge is 2.24. The maximum absolute atomic E-state index is 10.6. The molecule has 0 amide bonds. The quantitative estimate of drug-likeness (QED) is 0.746. The van der Waals surface area contributed by atoms with Crippen molar-refractivity contribution in [2.75, 3.05) is 5.32 Å². The van der Waals surface area contributed by atoms with Crippen LogP contribution in [0.25, 0.3) is 10.9 Å². The Bertz CT molecular complexity index is 888. The molecule has 3 heteroatoms. The molecule has 0 aliphatic heterocycles. The van der Waals surface area contributed by atoms with Gasteiger partial charge in [0.15, 0.2) is 0 Å². The van der Waals surface area contributed by atoms with E-state index in [4.69, 9.17) is 4.98 Å². The van der Waals surface area contributed by atoms with Crippen LogP contribution in [0.15, 0.2) is 48.5 Å². The van der Waals surface area contributed by atoms with Crippen LogP contribution < -0.4 is 5.32 Å². The van der Waals surface area contributed by atoms with Gasteiger partial charge < -0.3 is 10.4 Å². The highest BCUT2D eigenvalue weighted by molar-refractivity contribution is 5.93. The summed E-state index contributed by atoms with van der Waals surface area (Å²) in [6.45, 7) is 2.88. The van der Waals surface area contributed by atoms with Gasteiger partial charge in [-0.1, -0.05) is 42.5 Å². The predicted molar refractivity (Wildman–Crippen MR) is 98.1 cm³/mol. The first-order valence-electron chi connectivity index (χ1n) is 8.62. The van der Waals surface area contributed by atoms with Crippen LogP contribution in [-0.4, -0.2) is 10.1 Å². The average Bonchev–Trinajstić information content (AvgIpc) is 2.60. The number of aromatic nitrogens is 1. The van der Waals surface area contributed by atoms with Crippen molar-refractivity contribution in [3.63, 3.8) is 0 Å². The molecule has 1 aliphatic rings. The minimum atomic E-state index is -0.426. The minimum Gasteiger partial charge on any atom is -0.388 e. The molecule has 122 valence electrons. The van der Waals surface area contributed by atoms with Crippen molar-refractivity contribution in [2.24, 2.45) is 0 Å². The Labute approximate surface area is 142 Å². The van der Waals surface area contributed by atoms with Crippen LogP contribution in [0.3, 0.4) is 0 Å². The second kappa shape index (κ2) is 6.25. The van der Waals surface area contributed by atoms with Gasteiger partial charge in [0.25, 0.3) is 0 Å². The number of nitrogens with one attached hydrogen (secondary N) is 1. The summed E-state index contributed by atoms with van der Waals surface area (Å²) in [6, 6.07) is 16.6. The Morgan fingerprint density at radius 3 is 2.79 bits per heavy atom. The van der Waals surface area contributed by atoms with E-state index in [0.717, 1.165) is 53.7 Å². The van der Waals surface area contributed by atoms with Crippen molar-refractivity contribution in [1.82, 2.24) is 4.98 Å². The molecular formula is C21H22N2O. The zero-order chi connectivity index (χ0) is 16.5. The minimum absolute atomic E-state index is 0.426. The first-order valence-corrected chi connectivity index (χ1v) is 8.62. The predicted octanol–water partition coefficient (Wildman–Crippen LogP) is 4.53. The molecule has 0 fully saturated rings. The maximum Gasteiger partial charge on any atom is 0.0828 e. The van der Waals surface area contributed by atoms with E-state index in [1.165, 1.54) is 11.1 Å². The summed E-state index contributed by atoms with van der Waals surface area (Å²) in [7, 11) is 0. The number of pyridine rings is 1. The summed E-state index contributed by atoms with van der Waals surface area (Å²) in [4.78, 5) is 4.80. The Morgan fingerprint density at radius 1 is 1.12 bits per heavy atom. The molecule has 0 saturated carbocycles. The highest BCUT2D eigenvalue weighted by atomic mass is 16.3. The lowest BCUT2D eigenvalue weighted by Gasteiger charge is -2.25. The molecule has 1 aromatic heterocycles. The van der Waals surface area contributed by atoms with Crippen LogP contribution in [0.5, 0.6) is 0 Å². The van der Waals surface area contributed by atoms with Crippen LogP contribution in [-0.2, 0) is 13.0 Å². The van der Waals surface area contributed by atoms with Crippen molar-refractivity contribution < 1.29 is 5.11 Å². The number of benzene rings is 2. The van der Waals surface area contributed by atoms with Gasteiger partial charge in [-0.25, -0.2) is 0 Å². The smallest absolute Gasteiger partial charge is 0.0828 e. The Kier molecular flexibility index (Phi) is 3.95. The summed E-state index contributed by atoms with van der Waals surface area (Å²) in [5, 5.41) is 15.3. The van der Waals surface area contributed by atoms with Gasteiger partial charge >= 0.3 is 0 Å². The van der Waals surface area contributed by atoms with Crippen LogP contribution in [0.2, 0.25) is 0 Å². The summed E-state index contributed by atoms with van der Waals surface area (Å²) in [6.07, 6.45) is 2.32. The number of hydrogen-bond donors (Lipinski definition) is 2. The van der Waals surface area contributed by atoms with Gasteiger partial charge in [0.05, 0.1) is 17.3 Å². The molecule has 2 aromatic carbocycles. The number of aryl methyl sites for hydroxylation is 2. The van der Waals surface area contributed by atoms with Gasteiger partial charge in [0.1, 0.15) is 0 Å². The molecule has 1 heterocycles. The van der Waals surface area contributed by atoms with E-state index in [9.17, 15) is 5.11 Å². The van der Waals surface area contributed by atoms with Crippen molar-refractivity contribution >= 4 is 16.6 Å². The van der Waals surface area contributed by atoms with Crippen molar-refractivity contribution in [3.8, 4) is 0 Å². The zero-order valence-corrected chi connectivity index (χ0v) is 13.9. The van der Waals surface area contributed by atoms with Gasteiger partial charge in [0, 0.05) is 23.2 Å². The van der Waals surface area contributed by atoms with Crippen molar-refractivity contribution in [1.29, 1.82) is 0 Å². The van der Waals surface area contributed by atoms with Gasteiger partial charge in [-0.3, -0.25) is 4.98 Å². The normalized spacial score (nSPS) is 16.8. The average molecular weight is 318 g/mol. The lowest BCUT2D eigenvalue weighted by Crippen LogP contribution is -2.15. The van der Waals surface area contributed by atoms with Gasteiger partial charge in [-0.15, -0.1) is 0 Å². The highest BCUT2D eigenvalue weighted by Crippen LogP contribution is 2.38. The lowest BCUT2D eigenvalue weighted by molar-refractivity contribution is 0.156. The van der Waals surface area contributed by atoms with Gasteiger partial charge in [-0.2, -0.15) is 0 Å². The van der Waals surface area contributed by atoms with Gasteiger partial charge in [-0.05, 0) is 43.4 Å². The molecule has 4 rings (SSSR count). The number of para-hydroxylation sites is 1. The SMILES string of the molecule is Cc1ccccc1CNc1c2c(nc3ccccc13)CCCC2O. The number of nitrogens with zero attached hydrogens (tertiary/aromatic N) is 1. The number of rotatable bonds is 3. The van der Waals surface area contributed by atoms with E-state index in [-0.39, 0.29) is 0 Å². The van der Waals surface area contributed by atoms with Crippen LogP contribution >= 0.6 is 0 Å². The second-order valence-electron chi connectivity index (χ2n) is 6.55. The molecule has 24 heavy (non-hydrogen) atoms. The number of aliphatic hydroxyl groups is 1. The fourth-order valence-corrected chi connectivity index (χ4v) is 3.62. The second-order valence-corrected chi connectivity index (χ2v) is 6.55. The van der Waals surface area contributed by atoms with E-state index in [1.807, 2.05) is 12.1 Å². The molecule has 0 bridgehead atoms. The lowest BCUT2D eigenvalue weighted by atomic mass is 9.90. The molecule has 2 N–H and O–H groups in total. The van der Waals surface area contributed by atoms with E-state index < -0.39 is 6.10 Å². The molecule has 0 saturated heterocycles. The first kappa shape index (κ1) is 15.2. The molecule has 1 atom stereocenters. The molecule has 1 unspecified atom stereocenters. The van der Waals surface area contributed by atoms with Crippen molar-refractivity contribution in [2.45, 2.75) is 38.8 Å². The largest absolute Gasteiger partial charge is 0.388 e. The number of hydrogen-bond acceptors (Lipinski definition) is 3. The fraction of sp³-hybridized carbons (Fsp3) is 0.286. The number of anilines is 1. The standard InChI is InChI=1S/C21H22N2O/c1-14-7-2-3-8-15(14)13-22-21-16-9-4-5-10-17(16)23-18-11-6-12-19(24)20(18)21/h2-5,7-10,19,24H,6,11-13H2,1H3,(H,22,23). The van der Waals surface area contributed by atoms with Crippen molar-refractivity contribution in [3.05, 3.63) is 70.9 Å². The van der Waals surface area contributed by atoms with E-state index in [2.05, 4.69) is 48.6 Å². The summed E-state index contributed by atoms with van der Waals surface area (Å²) < 4.78 is 0. The topological polar surface area (TPSA) is 45.2 Å². The van der Waals surface area contributed by atoms with E-state index in [0.29, 0.717) is 0 Å². The number of aliphatic hydroxyl groups excluding tert-OH is 1. The summed E-state index contributed by atoms with van der Waals surface area (Å²) in [5.74, 6) is 0. The zero-order valence-electron chi connectivity index (χ0n) is 13.9. The summed E-state index contributed by atoms with van der Waals surface area (Å²) >= 11 is 0. The Balaban J connectivity index is 1.80. The maximum atomic E-state index is 10.6. The summed E-state index contributed by atoms with van der Waals surface area (Å²) in [5.41, 5.74) is 6.63. The molecule has 3 nitrogen and oxygen atoms in total. The van der Waals surface area contributed by atoms with Crippen LogP contribution in [0.1, 0.15) is 41.3 Å². The van der Waals surface area contributed by atoms with E-state index in [1.54, 1.807) is 0 Å². The Morgan fingerprint density at radius 2 is 1.92 bits per heavy atom. The van der Waals surface area contributed by atoms with Crippen LogP contribution in [0.4, 0.5) is 5.69 Å². The third-order valence-electron chi connectivity index (χ3n) is 4.95. The molecular weight excluding hydrogens is 296 g/mol. The molecule has 0 spiro atoms. The van der Waals surface area contributed by atoms with Gasteiger partial charge in [0.2, 0.25) is 0 Å². The van der Waals surface area contributed by atoms with Crippen LogP contribution in [0, 0.1) is 6.92 Å².